The van der Waals surface area contributed by atoms with E-state index < -0.39 is 23.0 Å². The number of alkyl halides is 2. The van der Waals surface area contributed by atoms with E-state index >= 15 is 0 Å². The second-order valence-corrected chi connectivity index (χ2v) is 5.26. The molecule has 0 aliphatic heterocycles. The van der Waals surface area contributed by atoms with Gasteiger partial charge in [0.05, 0.1) is 18.0 Å². The van der Waals surface area contributed by atoms with Crippen LogP contribution in [0.4, 0.5) is 8.78 Å². The van der Waals surface area contributed by atoms with Crippen molar-refractivity contribution in [3.63, 3.8) is 0 Å². The molecule has 4 nitrogen and oxygen atoms in total. The lowest BCUT2D eigenvalue weighted by Gasteiger charge is -2.09. The van der Waals surface area contributed by atoms with Gasteiger partial charge in [-0.1, -0.05) is 6.07 Å². The minimum atomic E-state index is -3.95. The summed E-state index contributed by atoms with van der Waals surface area (Å²) < 4.78 is 48.8. The van der Waals surface area contributed by atoms with Gasteiger partial charge in [-0.15, -0.1) is 0 Å². The fraction of sp³-hybridized carbons (Fsp3) is 0.400. The van der Waals surface area contributed by atoms with Gasteiger partial charge in [-0.2, -0.15) is 0 Å². The minimum absolute atomic E-state index is 0.132. The summed E-state index contributed by atoms with van der Waals surface area (Å²) in [5.41, 5.74) is 1.19. The van der Waals surface area contributed by atoms with Crippen LogP contribution < -0.4 is 4.72 Å². The molecule has 0 aliphatic rings. The second-order valence-electron chi connectivity index (χ2n) is 3.49. The van der Waals surface area contributed by atoms with E-state index in [4.69, 9.17) is 5.11 Å². The second kappa shape index (κ2) is 5.52. The highest BCUT2D eigenvalue weighted by molar-refractivity contribution is 7.89. The van der Waals surface area contributed by atoms with Crippen molar-refractivity contribution in [2.24, 2.45) is 0 Å². The molecule has 0 heterocycles. The number of rotatable bonds is 5. The van der Waals surface area contributed by atoms with E-state index in [1.54, 1.807) is 11.6 Å². The number of aryl methyl sites for hydroxylation is 1. The molecule has 0 aromatic heterocycles. The fourth-order valence-electron chi connectivity index (χ4n) is 1.24. The molecular formula is C10H13F2NO3S. The van der Waals surface area contributed by atoms with Crippen molar-refractivity contribution in [3.8, 4) is 0 Å². The largest absolute Gasteiger partial charge is 0.392 e. The Labute approximate surface area is 98.3 Å². The highest BCUT2D eigenvalue weighted by atomic mass is 32.2. The Morgan fingerprint density at radius 2 is 2.06 bits per heavy atom. The molecule has 0 radical (unpaired) electrons. The minimum Gasteiger partial charge on any atom is -0.392 e. The van der Waals surface area contributed by atoms with Crippen molar-refractivity contribution in [1.29, 1.82) is 0 Å². The topological polar surface area (TPSA) is 66.4 Å². The van der Waals surface area contributed by atoms with Gasteiger partial charge < -0.3 is 5.11 Å². The third-order valence-electron chi connectivity index (χ3n) is 2.23. The van der Waals surface area contributed by atoms with Crippen LogP contribution in [0.15, 0.2) is 23.1 Å². The van der Waals surface area contributed by atoms with E-state index in [2.05, 4.69) is 0 Å². The monoisotopic (exact) mass is 265 g/mol. The molecule has 0 amide bonds. The van der Waals surface area contributed by atoms with E-state index in [1.165, 1.54) is 18.2 Å². The molecule has 0 aliphatic carbocycles. The molecule has 1 aromatic carbocycles. The lowest BCUT2D eigenvalue weighted by molar-refractivity contribution is 0.153. The van der Waals surface area contributed by atoms with Gasteiger partial charge in [0.1, 0.15) is 0 Å². The molecule has 1 rings (SSSR count). The Balaban J connectivity index is 2.99. The number of benzene rings is 1. The standard InChI is InChI=1S/C10H13F2NO3S/c1-7-2-3-9(4-8(7)6-14)17(15,16)13-5-10(11)12/h2-4,10,13-14H,5-6H2,1H3. The van der Waals surface area contributed by atoms with Gasteiger partial charge in [-0.3, -0.25) is 0 Å². The summed E-state index contributed by atoms with van der Waals surface area (Å²) in [5.74, 6) is 0. The number of nitrogens with one attached hydrogen (secondary N) is 1. The van der Waals surface area contributed by atoms with Crippen molar-refractivity contribution in [3.05, 3.63) is 29.3 Å². The van der Waals surface area contributed by atoms with Crippen LogP contribution in [0.2, 0.25) is 0 Å². The number of aliphatic hydroxyl groups is 1. The maximum atomic E-state index is 11.9. The highest BCUT2D eigenvalue weighted by Crippen LogP contribution is 2.15. The Hall–Kier alpha value is -1.05. The molecule has 0 spiro atoms. The van der Waals surface area contributed by atoms with Crippen molar-refractivity contribution in [2.75, 3.05) is 6.54 Å². The van der Waals surface area contributed by atoms with Crippen LogP contribution in [-0.4, -0.2) is 26.5 Å². The predicted molar refractivity (Wildman–Crippen MR) is 58.3 cm³/mol. The van der Waals surface area contributed by atoms with Crippen LogP contribution in [-0.2, 0) is 16.6 Å². The first-order valence-electron chi connectivity index (χ1n) is 4.85. The fourth-order valence-corrected chi connectivity index (χ4v) is 2.30. The summed E-state index contributed by atoms with van der Waals surface area (Å²) in [6.45, 7) is 0.489. The lowest BCUT2D eigenvalue weighted by Crippen LogP contribution is -2.28. The molecule has 0 saturated carbocycles. The lowest BCUT2D eigenvalue weighted by atomic mass is 10.1. The summed E-state index contributed by atoms with van der Waals surface area (Å²) in [6, 6.07) is 4.09. The van der Waals surface area contributed by atoms with Gasteiger partial charge in [0, 0.05) is 0 Å². The summed E-state index contributed by atoms with van der Waals surface area (Å²) in [6.07, 6.45) is -2.74. The average Bonchev–Trinajstić information content (AvgIpc) is 2.27. The molecule has 1 aromatic rings. The summed E-state index contributed by atoms with van der Waals surface area (Å²) in [5, 5.41) is 8.99. The summed E-state index contributed by atoms with van der Waals surface area (Å²) in [4.78, 5) is -0.132. The molecule has 0 bridgehead atoms. The normalized spacial score (nSPS) is 12.1. The first-order chi connectivity index (χ1) is 7.86. The summed E-state index contributed by atoms with van der Waals surface area (Å²) >= 11 is 0. The molecular weight excluding hydrogens is 252 g/mol. The molecule has 0 saturated heterocycles. The van der Waals surface area contributed by atoms with Crippen LogP contribution in [0.1, 0.15) is 11.1 Å². The average molecular weight is 265 g/mol. The van der Waals surface area contributed by atoms with E-state index in [0.717, 1.165) is 5.56 Å². The van der Waals surface area contributed by atoms with Gasteiger partial charge in [-0.05, 0) is 30.2 Å². The molecule has 0 atom stereocenters. The van der Waals surface area contributed by atoms with E-state index in [-0.39, 0.29) is 11.5 Å². The van der Waals surface area contributed by atoms with Gasteiger partial charge in [0.25, 0.3) is 6.43 Å². The first kappa shape index (κ1) is 14.0. The Bertz CT molecular complexity index is 488. The van der Waals surface area contributed by atoms with Crippen LogP contribution in [0.25, 0.3) is 0 Å². The van der Waals surface area contributed by atoms with Crippen LogP contribution in [0.5, 0.6) is 0 Å². The third kappa shape index (κ3) is 3.72. The zero-order chi connectivity index (χ0) is 13.1. The van der Waals surface area contributed by atoms with Gasteiger partial charge in [-0.25, -0.2) is 21.9 Å². The van der Waals surface area contributed by atoms with E-state index in [9.17, 15) is 17.2 Å². The zero-order valence-corrected chi connectivity index (χ0v) is 9.97. The Morgan fingerprint density at radius 1 is 1.41 bits per heavy atom. The van der Waals surface area contributed by atoms with Crippen molar-refractivity contribution >= 4 is 10.0 Å². The number of halogens is 2. The maximum Gasteiger partial charge on any atom is 0.251 e. The number of hydrogen-bond acceptors (Lipinski definition) is 3. The zero-order valence-electron chi connectivity index (χ0n) is 9.15. The molecule has 96 valence electrons. The molecule has 17 heavy (non-hydrogen) atoms. The highest BCUT2D eigenvalue weighted by Gasteiger charge is 2.16. The van der Waals surface area contributed by atoms with Crippen molar-refractivity contribution in [1.82, 2.24) is 4.72 Å². The number of sulfonamides is 1. The van der Waals surface area contributed by atoms with Crippen molar-refractivity contribution in [2.45, 2.75) is 24.9 Å². The summed E-state index contributed by atoms with van der Waals surface area (Å²) in [7, 11) is -3.95. The smallest absolute Gasteiger partial charge is 0.251 e. The quantitative estimate of drug-likeness (QED) is 0.835. The maximum absolute atomic E-state index is 11.9. The predicted octanol–water partition coefficient (Wildman–Crippen LogP) is 1.03. The molecule has 0 unspecified atom stereocenters. The van der Waals surface area contributed by atoms with E-state index in [1.807, 2.05) is 0 Å². The number of hydrogen-bond donors (Lipinski definition) is 2. The van der Waals surface area contributed by atoms with Gasteiger partial charge in [0.15, 0.2) is 0 Å². The Kier molecular flexibility index (Phi) is 4.55. The van der Waals surface area contributed by atoms with Gasteiger partial charge >= 0.3 is 0 Å². The first-order valence-corrected chi connectivity index (χ1v) is 6.33. The molecule has 2 N–H and O–H groups in total. The SMILES string of the molecule is Cc1ccc(S(=O)(=O)NCC(F)F)cc1CO. The molecule has 7 heteroatoms. The Morgan fingerprint density at radius 3 is 2.59 bits per heavy atom. The van der Waals surface area contributed by atoms with Crippen LogP contribution in [0.3, 0.4) is 0 Å². The van der Waals surface area contributed by atoms with Crippen LogP contribution >= 0.6 is 0 Å². The third-order valence-corrected chi connectivity index (χ3v) is 3.65. The number of aliphatic hydroxyl groups excluding tert-OH is 1. The van der Waals surface area contributed by atoms with Crippen molar-refractivity contribution < 1.29 is 22.3 Å². The van der Waals surface area contributed by atoms with E-state index in [0.29, 0.717) is 5.56 Å². The van der Waals surface area contributed by atoms with Gasteiger partial charge in [0.2, 0.25) is 10.0 Å². The van der Waals surface area contributed by atoms with Crippen LogP contribution in [0, 0.1) is 6.92 Å². The molecule has 0 fully saturated rings.